The number of hydrogen-bond acceptors (Lipinski definition) is 10. The Balaban J connectivity index is 1.73. The van der Waals surface area contributed by atoms with E-state index in [-0.39, 0.29) is 5.69 Å². The van der Waals surface area contributed by atoms with Gasteiger partial charge in [0.1, 0.15) is 17.8 Å². The van der Waals surface area contributed by atoms with Crippen LogP contribution in [0.5, 0.6) is 0 Å². The van der Waals surface area contributed by atoms with Crippen LogP contribution in [0.25, 0.3) is 11.1 Å². The average molecular weight is 491 g/mol. The number of nitriles is 1. The van der Waals surface area contributed by atoms with E-state index >= 15 is 0 Å². The lowest BCUT2D eigenvalue weighted by atomic mass is 10.0. The van der Waals surface area contributed by atoms with E-state index in [1.165, 1.54) is 12.3 Å². The van der Waals surface area contributed by atoms with E-state index in [9.17, 15) is 14.9 Å². The number of likely N-dealkylation sites (N-methyl/N-ethyl adjacent to an activating group) is 1. The third-order valence-electron chi connectivity index (χ3n) is 5.01. The molecule has 12 nitrogen and oxygen atoms in total. The molecule has 0 fully saturated rings. The summed E-state index contributed by atoms with van der Waals surface area (Å²) in [7, 11) is 3.82. The van der Waals surface area contributed by atoms with Gasteiger partial charge >= 0.3 is 0 Å². The Kier molecular flexibility index (Phi) is 9.21. The lowest BCUT2D eigenvalue weighted by molar-refractivity contribution is -0.385. The van der Waals surface area contributed by atoms with Gasteiger partial charge < -0.3 is 15.5 Å². The second-order valence-corrected chi connectivity index (χ2v) is 7.86. The zero-order chi connectivity index (χ0) is 25.9. The van der Waals surface area contributed by atoms with Gasteiger partial charge in [-0.15, -0.1) is 0 Å². The van der Waals surface area contributed by atoms with Crippen molar-refractivity contribution in [1.82, 2.24) is 14.9 Å². The molecule has 0 aliphatic heterocycles. The standard InChI is InChI=1S/C24H26N8O4/c1-30(2)11-12-36-31(17-33)22-16-29-24(13-21(22)19-5-3-18(14-25)4-6-19)27-10-9-26-23-8-7-20(15-28-23)32(34)35/h3-8,13,15-17H,9-12H2,1-2H3,(H,26,28)(H,27,29). The van der Waals surface area contributed by atoms with Crippen molar-refractivity contribution in [2.75, 3.05) is 56.0 Å². The lowest BCUT2D eigenvalue weighted by Gasteiger charge is -2.21. The highest BCUT2D eigenvalue weighted by molar-refractivity contribution is 5.86. The summed E-state index contributed by atoms with van der Waals surface area (Å²) in [6.45, 7) is 1.89. The van der Waals surface area contributed by atoms with Gasteiger partial charge in [-0.2, -0.15) is 10.3 Å². The van der Waals surface area contributed by atoms with E-state index in [1.54, 1.807) is 42.6 Å². The molecule has 2 aromatic heterocycles. The maximum absolute atomic E-state index is 11.8. The number of carbonyl (C=O) groups is 1. The fourth-order valence-corrected chi connectivity index (χ4v) is 3.13. The summed E-state index contributed by atoms with van der Waals surface area (Å²) in [6, 6.07) is 13.8. The molecule has 3 aromatic rings. The average Bonchev–Trinajstić information content (AvgIpc) is 2.89. The molecule has 36 heavy (non-hydrogen) atoms. The summed E-state index contributed by atoms with van der Waals surface area (Å²) in [5.41, 5.74) is 2.39. The second-order valence-electron chi connectivity index (χ2n) is 7.86. The number of pyridine rings is 2. The number of amides is 1. The zero-order valence-electron chi connectivity index (χ0n) is 19.9. The summed E-state index contributed by atoms with van der Waals surface area (Å²) in [4.78, 5) is 38.1. The van der Waals surface area contributed by atoms with Crippen molar-refractivity contribution in [3.8, 4) is 17.2 Å². The van der Waals surface area contributed by atoms with Crippen LogP contribution >= 0.6 is 0 Å². The second kappa shape index (κ2) is 12.7. The van der Waals surface area contributed by atoms with Crippen molar-refractivity contribution in [1.29, 1.82) is 5.26 Å². The monoisotopic (exact) mass is 490 g/mol. The number of carbonyl (C=O) groups excluding carboxylic acids is 1. The number of nitrogens with zero attached hydrogens (tertiary/aromatic N) is 6. The first-order valence-electron chi connectivity index (χ1n) is 11.0. The van der Waals surface area contributed by atoms with E-state index in [4.69, 9.17) is 10.1 Å². The molecule has 12 heteroatoms. The fraction of sp³-hybridized carbons (Fsp3) is 0.250. The summed E-state index contributed by atoms with van der Waals surface area (Å²) in [5, 5.41) is 27.3. The van der Waals surface area contributed by atoms with Gasteiger partial charge in [-0.1, -0.05) is 12.1 Å². The van der Waals surface area contributed by atoms with Crippen molar-refractivity contribution in [3.63, 3.8) is 0 Å². The number of nitro groups is 1. The van der Waals surface area contributed by atoms with Crippen LogP contribution in [-0.4, -0.2) is 66.5 Å². The smallest absolute Gasteiger partial charge is 0.287 e. The maximum atomic E-state index is 11.8. The Bertz CT molecular complexity index is 1210. The van der Waals surface area contributed by atoms with Gasteiger partial charge in [0.15, 0.2) is 0 Å². The van der Waals surface area contributed by atoms with E-state index in [0.717, 1.165) is 10.6 Å². The quantitative estimate of drug-likeness (QED) is 0.158. The number of hydroxylamine groups is 1. The molecule has 0 saturated carbocycles. The minimum Gasteiger partial charge on any atom is -0.368 e. The molecule has 0 bridgehead atoms. The molecular formula is C24H26N8O4. The first-order valence-corrected chi connectivity index (χ1v) is 11.0. The van der Waals surface area contributed by atoms with Gasteiger partial charge in [-0.25, -0.2) is 9.97 Å². The normalized spacial score (nSPS) is 10.5. The first-order chi connectivity index (χ1) is 17.4. The van der Waals surface area contributed by atoms with Gasteiger partial charge in [0, 0.05) is 31.3 Å². The van der Waals surface area contributed by atoms with Crippen LogP contribution in [0, 0.1) is 21.4 Å². The van der Waals surface area contributed by atoms with Crippen LogP contribution in [-0.2, 0) is 9.63 Å². The van der Waals surface area contributed by atoms with Crippen molar-refractivity contribution in [2.45, 2.75) is 0 Å². The van der Waals surface area contributed by atoms with Crippen LogP contribution in [0.4, 0.5) is 23.0 Å². The van der Waals surface area contributed by atoms with Gasteiger partial charge in [0.25, 0.3) is 5.69 Å². The van der Waals surface area contributed by atoms with Crippen LogP contribution in [0.3, 0.4) is 0 Å². The molecule has 0 atom stereocenters. The van der Waals surface area contributed by atoms with Crippen LogP contribution in [0.1, 0.15) is 5.56 Å². The minimum atomic E-state index is -0.502. The maximum Gasteiger partial charge on any atom is 0.287 e. The van der Waals surface area contributed by atoms with E-state index in [2.05, 4.69) is 26.7 Å². The predicted molar refractivity (Wildman–Crippen MR) is 135 cm³/mol. The Morgan fingerprint density at radius 1 is 1.08 bits per heavy atom. The molecule has 0 spiro atoms. The molecule has 186 valence electrons. The number of anilines is 3. The molecule has 2 heterocycles. The van der Waals surface area contributed by atoms with E-state index < -0.39 is 4.92 Å². The van der Waals surface area contributed by atoms with Crippen LogP contribution in [0.2, 0.25) is 0 Å². The third kappa shape index (κ3) is 7.20. The molecule has 1 amide bonds. The van der Waals surface area contributed by atoms with Crippen molar-refractivity contribution >= 4 is 29.4 Å². The Morgan fingerprint density at radius 3 is 2.36 bits per heavy atom. The molecule has 0 aliphatic rings. The van der Waals surface area contributed by atoms with Gasteiger partial charge in [-0.3, -0.25) is 19.7 Å². The Hall–Kier alpha value is -4.60. The van der Waals surface area contributed by atoms with Crippen molar-refractivity contribution in [2.24, 2.45) is 0 Å². The largest absolute Gasteiger partial charge is 0.368 e. The minimum absolute atomic E-state index is 0.0756. The fourth-order valence-electron chi connectivity index (χ4n) is 3.13. The van der Waals surface area contributed by atoms with Gasteiger partial charge in [0.05, 0.1) is 35.0 Å². The van der Waals surface area contributed by atoms with E-state index in [0.29, 0.717) is 61.1 Å². The molecule has 0 saturated heterocycles. The summed E-state index contributed by atoms with van der Waals surface area (Å²) in [6.07, 6.45) is 3.33. The molecule has 0 unspecified atom stereocenters. The summed E-state index contributed by atoms with van der Waals surface area (Å²) < 4.78 is 0. The first kappa shape index (κ1) is 26.0. The number of hydrogen-bond donors (Lipinski definition) is 2. The number of aromatic nitrogens is 2. The highest BCUT2D eigenvalue weighted by Crippen LogP contribution is 2.32. The Morgan fingerprint density at radius 2 is 1.78 bits per heavy atom. The molecular weight excluding hydrogens is 464 g/mol. The Labute approximate surface area is 208 Å². The molecule has 1 aromatic carbocycles. The molecule has 0 radical (unpaired) electrons. The van der Waals surface area contributed by atoms with Crippen molar-refractivity contribution in [3.05, 3.63) is 70.5 Å². The number of rotatable bonds is 13. The van der Waals surface area contributed by atoms with Gasteiger partial charge in [-0.05, 0) is 43.9 Å². The van der Waals surface area contributed by atoms with Crippen LogP contribution in [0.15, 0.2) is 54.9 Å². The molecule has 2 N–H and O–H groups in total. The van der Waals surface area contributed by atoms with Crippen molar-refractivity contribution < 1.29 is 14.6 Å². The van der Waals surface area contributed by atoms with Gasteiger partial charge in [0.2, 0.25) is 6.41 Å². The molecule has 0 aliphatic carbocycles. The highest BCUT2D eigenvalue weighted by Gasteiger charge is 2.16. The summed E-state index contributed by atoms with van der Waals surface area (Å²) in [5.74, 6) is 1.08. The topological polar surface area (TPSA) is 150 Å². The number of nitrogens with one attached hydrogen (secondary N) is 2. The zero-order valence-corrected chi connectivity index (χ0v) is 19.9. The predicted octanol–water partition coefficient (Wildman–Crippen LogP) is 2.90. The lowest BCUT2D eigenvalue weighted by Crippen LogP contribution is -2.27. The summed E-state index contributed by atoms with van der Waals surface area (Å²) >= 11 is 0. The van der Waals surface area contributed by atoms with E-state index in [1.807, 2.05) is 19.0 Å². The number of benzene rings is 1. The SMILES string of the molecule is CN(C)CCON(C=O)c1cnc(NCCNc2ccc([N+](=O)[O-])cn2)cc1-c1ccc(C#N)cc1. The molecule has 3 rings (SSSR count). The van der Waals surface area contributed by atoms with Crippen LogP contribution < -0.4 is 15.7 Å². The highest BCUT2D eigenvalue weighted by atomic mass is 16.7. The third-order valence-corrected chi connectivity index (χ3v) is 5.01.